The van der Waals surface area contributed by atoms with Gasteiger partial charge in [-0.05, 0) is 31.4 Å². The minimum atomic E-state index is -0.871. The zero-order valence-electron chi connectivity index (χ0n) is 22.5. The molecule has 10 heteroatoms. The number of non-ortho nitro benzene ring substituents is 1. The summed E-state index contributed by atoms with van der Waals surface area (Å²) in [5, 5.41) is 14.6. The van der Waals surface area contributed by atoms with Crippen molar-refractivity contribution in [3.63, 3.8) is 0 Å². The van der Waals surface area contributed by atoms with E-state index in [4.69, 9.17) is 9.47 Å². The standard InChI is InChI=1S/C29H33N3O6.ClH/c1-18-16-31(17-21-9-6-5-7-10-21)14-13-24(18)38-29(34)26-20(3)30-19(2)25(28(33)37-4)27(26)22-11-8-12-23(15-22)32(35)36;/h5-12,15,18,24,27,30H,13-14,16-17H2,1-4H3;1H. The highest BCUT2D eigenvalue weighted by Gasteiger charge is 2.40. The third kappa shape index (κ3) is 6.66. The number of esters is 2. The summed E-state index contributed by atoms with van der Waals surface area (Å²) in [6.07, 6.45) is 0.383. The van der Waals surface area contributed by atoms with Gasteiger partial charge in [-0.15, -0.1) is 12.4 Å². The molecule has 1 saturated heterocycles. The third-order valence-corrected chi connectivity index (χ3v) is 7.22. The van der Waals surface area contributed by atoms with E-state index in [2.05, 4.69) is 29.3 Å². The number of benzene rings is 2. The van der Waals surface area contributed by atoms with Crippen LogP contribution in [0.4, 0.5) is 5.69 Å². The molecule has 39 heavy (non-hydrogen) atoms. The van der Waals surface area contributed by atoms with Crippen molar-refractivity contribution in [1.29, 1.82) is 0 Å². The first-order chi connectivity index (χ1) is 18.2. The lowest BCUT2D eigenvalue weighted by Crippen LogP contribution is -2.44. The van der Waals surface area contributed by atoms with Crippen molar-refractivity contribution < 1.29 is 24.0 Å². The van der Waals surface area contributed by atoms with E-state index >= 15 is 0 Å². The van der Waals surface area contributed by atoms with Crippen LogP contribution in [0.5, 0.6) is 0 Å². The number of carbonyl (C=O) groups is 2. The Morgan fingerprint density at radius 2 is 1.72 bits per heavy atom. The van der Waals surface area contributed by atoms with E-state index in [1.165, 1.54) is 24.8 Å². The number of nitrogens with one attached hydrogen (secondary N) is 1. The Kier molecular flexibility index (Phi) is 9.88. The molecule has 0 aromatic heterocycles. The van der Waals surface area contributed by atoms with E-state index in [0.717, 1.165) is 19.6 Å². The Morgan fingerprint density at radius 1 is 1.05 bits per heavy atom. The fourth-order valence-corrected chi connectivity index (χ4v) is 5.37. The van der Waals surface area contributed by atoms with Crippen LogP contribution in [0.25, 0.3) is 0 Å². The lowest BCUT2D eigenvalue weighted by atomic mass is 9.80. The number of allylic oxidation sites excluding steroid dienone is 2. The average molecular weight is 556 g/mol. The van der Waals surface area contributed by atoms with Gasteiger partial charge in [-0.1, -0.05) is 49.4 Å². The number of carbonyl (C=O) groups excluding carboxylic acids is 2. The van der Waals surface area contributed by atoms with Crippen LogP contribution in [-0.2, 0) is 25.6 Å². The lowest BCUT2D eigenvalue weighted by Gasteiger charge is -2.37. The fraction of sp³-hybridized carbons (Fsp3) is 0.379. The van der Waals surface area contributed by atoms with E-state index < -0.39 is 22.8 Å². The maximum Gasteiger partial charge on any atom is 0.337 e. The summed E-state index contributed by atoms with van der Waals surface area (Å²) in [5.41, 5.74) is 3.06. The van der Waals surface area contributed by atoms with Crippen LogP contribution in [0.1, 0.15) is 44.2 Å². The highest BCUT2D eigenvalue weighted by Crippen LogP contribution is 2.40. The van der Waals surface area contributed by atoms with Crippen molar-refractivity contribution in [2.45, 2.75) is 45.8 Å². The SMILES string of the molecule is COC(=O)C1=C(C)NC(C)=C(C(=O)OC2CCN(Cc3ccccc3)CC2C)C1c1cccc([N+](=O)[O-])c1.Cl. The predicted octanol–water partition coefficient (Wildman–Crippen LogP) is 4.88. The van der Waals surface area contributed by atoms with Crippen LogP contribution in [0.2, 0.25) is 0 Å². The molecule has 0 saturated carbocycles. The number of nitro benzene ring substituents is 1. The maximum atomic E-state index is 13.7. The van der Waals surface area contributed by atoms with Crippen molar-refractivity contribution in [1.82, 2.24) is 10.2 Å². The number of halogens is 1. The quantitative estimate of drug-likeness (QED) is 0.292. The first kappa shape index (κ1) is 29.9. The number of methoxy groups -OCH3 is 1. The number of hydrogen-bond acceptors (Lipinski definition) is 8. The van der Waals surface area contributed by atoms with Gasteiger partial charge < -0.3 is 14.8 Å². The average Bonchev–Trinajstić information content (AvgIpc) is 2.90. The van der Waals surface area contributed by atoms with Crippen molar-refractivity contribution in [2.75, 3.05) is 20.2 Å². The molecule has 3 atom stereocenters. The second-order valence-electron chi connectivity index (χ2n) is 9.91. The van der Waals surface area contributed by atoms with Crippen LogP contribution in [0, 0.1) is 16.0 Å². The molecule has 1 fully saturated rings. The summed E-state index contributed by atoms with van der Waals surface area (Å²) in [6, 6.07) is 16.2. The molecule has 9 nitrogen and oxygen atoms in total. The predicted molar refractivity (Wildman–Crippen MR) is 149 cm³/mol. The molecule has 2 aromatic carbocycles. The van der Waals surface area contributed by atoms with Gasteiger partial charge in [0.2, 0.25) is 0 Å². The highest BCUT2D eigenvalue weighted by molar-refractivity contribution is 6.00. The molecule has 2 aliphatic heterocycles. The fourth-order valence-electron chi connectivity index (χ4n) is 5.37. The molecule has 0 spiro atoms. The van der Waals surface area contributed by atoms with Crippen molar-refractivity contribution in [3.8, 4) is 0 Å². The van der Waals surface area contributed by atoms with Crippen LogP contribution < -0.4 is 5.32 Å². The lowest BCUT2D eigenvalue weighted by molar-refractivity contribution is -0.384. The molecule has 1 N–H and O–H groups in total. The Hall–Kier alpha value is -3.69. The normalized spacial score (nSPS) is 21.5. The van der Waals surface area contributed by atoms with Crippen molar-refractivity contribution in [3.05, 3.63) is 98.4 Å². The van der Waals surface area contributed by atoms with E-state index in [0.29, 0.717) is 23.4 Å². The summed E-state index contributed by atoms with van der Waals surface area (Å²) in [4.78, 5) is 39.9. The van der Waals surface area contributed by atoms with Crippen LogP contribution in [0.15, 0.2) is 77.1 Å². The van der Waals surface area contributed by atoms with Gasteiger partial charge in [0.25, 0.3) is 5.69 Å². The molecule has 0 radical (unpaired) electrons. The van der Waals surface area contributed by atoms with Gasteiger partial charge in [0.1, 0.15) is 6.10 Å². The zero-order valence-corrected chi connectivity index (χ0v) is 23.3. The maximum absolute atomic E-state index is 13.7. The number of nitrogens with zero attached hydrogens (tertiary/aromatic N) is 2. The van der Waals surface area contributed by atoms with Crippen molar-refractivity contribution in [2.24, 2.45) is 5.92 Å². The van der Waals surface area contributed by atoms with Gasteiger partial charge in [0.05, 0.1) is 29.1 Å². The molecule has 0 aliphatic carbocycles. The van der Waals surface area contributed by atoms with Gasteiger partial charge >= 0.3 is 11.9 Å². The van der Waals surface area contributed by atoms with Crippen LogP contribution in [0.3, 0.4) is 0 Å². The number of piperidine rings is 1. The number of dihydropyridines is 1. The first-order valence-corrected chi connectivity index (χ1v) is 12.7. The minimum Gasteiger partial charge on any atom is -0.466 e. The Balaban J connectivity index is 0.00000420. The van der Waals surface area contributed by atoms with Gasteiger partial charge in [-0.2, -0.15) is 0 Å². The summed E-state index contributed by atoms with van der Waals surface area (Å²) < 4.78 is 11.1. The van der Waals surface area contributed by atoms with Gasteiger partial charge in [0, 0.05) is 49.1 Å². The summed E-state index contributed by atoms with van der Waals surface area (Å²) in [6.45, 7) is 7.92. The zero-order chi connectivity index (χ0) is 27.4. The summed E-state index contributed by atoms with van der Waals surface area (Å²) in [5.74, 6) is -1.94. The Morgan fingerprint density at radius 3 is 2.33 bits per heavy atom. The molecule has 208 valence electrons. The van der Waals surface area contributed by atoms with Gasteiger partial charge in [-0.3, -0.25) is 15.0 Å². The number of ether oxygens (including phenoxy) is 2. The first-order valence-electron chi connectivity index (χ1n) is 12.7. The molecular weight excluding hydrogens is 522 g/mol. The van der Waals surface area contributed by atoms with Gasteiger partial charge in [-0.25, -0.2) is 9.59 Å². The smallest absolute Gasteiger partial charge is 0.337 e. The number of rotatable bonds is 7. The van der Waals surface area contributed by atoms with Crippen molar-refractivity contribution >= 4 is 30.0 Å². The number of hydrogen-bond donors (Lipinski definition) is 1. The highest BCUT2D eigenvalue weighted by atomic mass is 35.5. The molecule has 2 aromatic rings. The monoisotopic (exact) mass is 555 g/mol. The number of nitro groups is 1. The number of likely N-dealkylation sites (tertiary alicyclic amines) is 1. The second kappa shape index (κ2) is 12.9. The van der Waals surface area contributed by atoms with E-state index in [9.17, 15) is 19.7 Å². The molecule has 2 heterocycles. The molecular formula is C29H34ClN3O6. The van der Waals surface area contributed by atoms with Crippen LogP contribution in [-0.4, -0.2) is 48.1 Å². The Bertz CT molecular complexity index is 1290. The Labute approximate surface area is 234 Å². The summed E-state index contributed by atoms with van der Waals surface area (Å²) in [7, 11) is 1.27. The van der Waals surface area contributed by atoms with Crippen LogP contribution >= 0.6 is 12.4 Å². The molecule has 2 aliphatic rings. The molecule has 0 bridgehead atoms. The topological polar surface area (TPSA) is 111 Å². The van der Waals surface area contributed by atoms with Gasteiger partial charge in [0.15, 0.2) is 0 Å². The summed E-state index contributed by atoms with van der Waals surface area (Å²) >= 11 is 0. The largest absolute Gasteiger partial charge is 0.466 e. The third-order valence-electron chi connectivity index (χ3n) is 7.22. The molecule has 4 rings (SSSR count). The molecule has 0 amide bonds. The second-order valence-corrected chi connectivity index (χ2v) is 9.91. The van der Waals surface area contributed by atoms with E-state index in [1.54, 1.807) is 26.0 Å². The van der Waals surface area contributed by atoms with E-state index in [-0.39, 0.29) is 41.3 Å². The van der Waals surface area contributed by atoms with E-state index in [1.807, 2.05) is 18.2 Å². The molecule has 3 unspecified atom stereocenters. The minimum absolute atomic E-state index is 0.